The summed E-state index contributed by atoms with van der Waals surface area (Å²) < 4.78 is 0. The van der Waals surface area contributed by atoms with E-state index in [0.717, 1.165) is 30.3 Å². The number of halogens is 1. The van der Waals surface area contributed by atoms with Crippen LogP contribution in [0.3, 0.4) is 0 Å². The van der Waals surface area contributed by atoms with Gasteiger partial charge in [-0.1, -0.05) is 54.1 Å². The second-order valence-electron chi connectivity index (χ2n) is 5.50. The van der Waals surface area contributed by atoms with Gasteiger partial charge in [-0.05, 0) is 24.6 Å². The Bertz CT molecular complexity index is 585. The minimum Gasteiger partial charge on any atom is -0.367 e. The predicted octanol–water partition coefficient (Wildman–Crippen LogP) is 3.67. The third kappa shape index (κ3) is 2.54. The van der Waals surface area contributed by atoms with Crippen molar-refractivity contribution in [2.45, 2.75) is 12.5 Å². The zero-order valence-corrected chi connectivity index (χ0v) is 12.4. The third-order valence-electron chi connectivity index (χ3n) is 4.01. The molecule has 1 fully saturated rings. The molecule has 0 saturated carbocycles. The number of piperazine rings is 1. The number of nitrogens with one attached hydrogen (secondary N) is 1. The summed E-state index contributed by atoms with van der Waals surface area (Å²) in [5, 5.41) is 4.47. The highest BCUT2D eigenvalue weighted by molar-refractivity contribution is 6.33. The van der Waals surface area contributed by atoms with Crippen molar-refractivity contribution < 1.29 is 0 Å². The van der Waals surface area contributed by atoms with Crippen LogP contribution in [0.5, 0.6) is 0 Å². The summed E-state index contributed by atoms with van der Waals surface area (Å²) in [6.45, 7) is 5.11. The molecule has 1 aliphatic rings. The smallest absolute Gasteiger partial charge is 0.0639 e. The van der Waals surface area contributed by atoms with Gasteiger partial charge in [-0.25, -0.2) is 0 Å². The summed E-state index contributed by atoms with van der Waals surface area (Å²) in [7, 11) is 0. The zero-order valence-electron chi connectivity index (χ0n) is 11.6. The van der Waals surface area contributed by atoms with Gasteiger partial charge in [0.2, 0.25) is 0 Å². The van der Waals surface area contributed by atoms with Crippen LogP contribution in [0.15, 0.2) is 54.6 Å². The van der Waals surface area contributed by atoms with E-state index in [0.29, 0.717) is 0 Å². The lowest BCUT2D eigenvalue weighted by atomic mass is 9.89. The number of anilines is 1. The van der Waals surface area contributed by atoms with Crippen molar-refractivity contribution in [3.05, 3.63) is 65.2 Å². The van der Waals surface area contributed by atoms with Crippen molar-refractivity contribution in [3.8, 4) is 0 Å². The van der Waals surface area contributed by atoms with Crippen LogP contribution in [-0.4, -0.2) is 19.6 Å². The summed E-state index contributed by atoms with van der Waals surface area (Å²) in [5.74, 6) is 0. The molecule has 1 aliphatic heterocycles. The maximum Gasteiger partial charge on any atom is 0.0639 e. The first kappa shape index (κ1) is 13.5. The second kappa shape index (κ2) is 5.47. The van der Waals surface area contributed by atoms with Crippen LogP contribution >= 0.6 is 11.6 Å². The zero-order chi connectivity index (χ0) is 14.0. The quantitative estimate of drug-likeness (QED) is 0.906. The summed E-state index contributed by atoms with van der Waals surface area (Å²) in [5.41, 5.74) is 2.40. The Morgan fingerprint density at radius 3 is 2.50 bits per heavy atom. The molecular formula is C17H19ClN2. The number of para-hydroxylation sites is 1. The van der Waals surface area contributed by atoms with Crippen molar-refractivity contribution in [1.82, 2.24) is 5.32 Å². The highest BCUT2D eigenvalue weighted by atomic mass is 35.5. The molecule has 1 saturated heterocycles. The lowest BCUT2D eigenvalue weighted by molar-refractivity contribution is 0.332. The normalized spacial score (nSPS) is 22.8. The molecule has 1 unspecified atom stereocenters. The van der Waals surface area contributed by atoms with E-state index in [9.17, 15) is 0 Å². The second-order valence-corrected chi connectivity index (χ2v) is 5.91. The number of hydrogen-bond donors (Lipinski definition) is 1. The van der Waals surface area contributed by atoms with E-state index in [1.54, 1.807) is 0 Å². The van der Waals surface area contributed by atoms with Gasteiger partial charge in [0.15, 0.2) is 0 Å². The summed E-state index contributed by atoms with van der Waals surface area (Å²) >= 11 is 6.33. The van der Waals surface area contributed by atoms with Gasteiger partial charge in [-0.15, -0.1) is 0 Å². The van der Waals surface area contributed by atoms with Crippen LogP contribution in [0.4, 0.5) is 5.69 Å². The Morgan fingerprint density at radius 1 is 1.05 bits per heavy atom. The molecule has 2 aromatic rings. The molecule has 0 spiro atoms. The first-order valence-corrected chi connectivity index (χ1v) is 7.37. The van der Waals surface area contributed by atoms with Gasteiger partial charge in [0.1, 0.15) is 0 Å². The monoisotopic (exact) mass is 286 g/mol. The molecule has 104 valence electrons. The molecule has 1 atom stereocenters. The minimum atomic E-state index is -0.0430. The van der Waals surface area contributed by atoms with Crippen LogP contribution in [0.2, 0.25) is 5.02 Å². The van der Waals surface area contributed by atoms with E-state index in [2.05, 4.69) is 53.5 Å². The lowest BCUT2D eigenvalue weighted by Crippen LogP contribution is -2.56. The molecule has 0 aromatic heterocycles. The lowest BCUT2D eigenvalue weighted by Gasteiger charge is -2.43. The first-order chi connectivity index (χ1) is 9.69. The van der Waals surface area contributed by atoms with Crippen LogP contribution in [0.1, 0.15) is 12.5 Å². The fourth-order valence-electron chi connectivity index (χ4n) is 2.90. The van der Waals surface area contributed by atoms with Crippen molar-refractivity contribution in [1.29, 1.82) is 0 Å². The van der Waals surface area contributed by atoms with E-state index in [-0.39, 0.29) is 5.54 Å². The molecule has 3 heteroatoms. The SMILES string of the molecule is CC1(c2ccccc2)CN(c2ccccc2Cl)CCN1. The van der Waals surface area contributed by atoms with Gasteiger partial charge in [0, 0.05) is 19.6 Å². The summed E-state index contributed by atoms with van der Waals surface area (Å²) in [6.07, 6.45) is 0. The van der Waals surface area contributed by atoms with Crippen molar-refractivity contribution in [3.63, 3.8) is 0 Å². The fraction of sp³-hybridized carbons (Fsp3) is 0.294. The molecule has 20 heavy (non-hydrogen) atoms. The molecule has 0 amide bonds. The Kier molecular flexibility index (Phi) is 3.68. The molecule has 0 bridgehead atoms. The maximum absolute atomic E-state index is 6.33. The molecule has 0 radical (unpaired) electrons. The molecule has 2 nitrogen and oxygen atoms in total. The van der Waals surface area contributed by atoms with Gasteiger partial charge in [0.05, 0.1) is 16.2 Å². The van der Waals surface area contributed by atoms with Crippen LogP contribution in [0, 0.1) is 0 Å². The van der Waals surface area contributed by atoms with Crippen molar-refractivity contribution in [2.75, 3.05) is 24.5 Å². The van der Waals surface area contributed by atoms with E-state index in [1.807, 2.05) is 18.2 Å². The molecular weight excluding hydrogens is 268 g/mol. The van der Waals surface area contributed by atoms with Crippen LogP contribution < -0.4 is 10.2 Å². The van der Waals surface area contributed by atoms with Crippen molar-refractivity contribution >= 4 is 17.3 Å². The van der Waals surface area contributed by atoms with E-state index in [1.165, 1.54) is 5.56 Å². The average molecular weight is 287 g/mol. The number of nitrogens with zero attached hydrogens (tertiary/aromatic N) is 1. The van der Waals surface area contributed by atoms with Gasteiger partial charge in [0.25, 0.3) is 0 Å². The fourth-order valence-corrected chi connectivity index (χ4v) is 3.15. The molecule has 2 aromatic carbocycles. The van der Waals surface area contributed by atoms with Crippen LogP contribution in [0.25, 0.3) is 0 Å². The number of rotatable bonds is 2. The maximum atomic E-state index is 6.33. The highest BCUT2D eigenvalue weighted by Gasteiger charge is 2.32. The van der Waals surface area contributed by atoms with Gasteiger partial charge in [-0.2, -0.15) is 0 Å². The number of hydrogen-bond acceptors (Lipinski definition) is 2. The Balaban J connectivity index is 1.89. The van der Waals surface area contributed by atoms with Gasteiger partial charge in [-0.3, -0.25) is 0 Å². The van der Waals surface area contributed by atoms with E-state index in [4.69, 9.17) is 11.6 Å². The first-order valence-electron chi connectivity index (χ1n) is 6.99. The minimum absolute atomic E-state index is 0.0430. The summed E-state index contributed by atoms with van der Waals surface area (Å²) in [6, 6.07) is 18.7. The van der Waals surface area contributed by atoms with Gasteiger partial charge >= 0.3 is 0 Å². The van der Waals surface area contributed by atoms with E-state index >= 15 is 0 Å². The molecule has 0 aliphatic carbocycles. The molecule has 1 heterocycles. The Labute approximate surface area is 125 Å². The van der Waals surface area contributed by atoms with Crippen LogP contribution in [-0.2, 0) is 5.54 Å². The largest absolute Gasteiger partial charge is 0.367 e. The third-order valence-corrected chi connectivity index (χ3v) is 4.33. The average Bonchev–Trinajstić information content (AvgIpc) is 2.49. The van der Waals surface area contributed by atoms with Gasteiger partial charge < -0.3 is 10.2 Å². The molecule has 1 N–H and O–H groups in total. The topological polar surface area (TPSA) is 15.3 Å². The molecule has 3 rings (SSSR count). The van der Waals surface area contributed by atoms with Crippen molar-refractivity contribution in [2.24, 2.45) is 0 Å². The standard InChI is InChI=1S/C17H19ClN2/c1-17(14-7-3-2-4-8-14)13-20(12-11-19-17)16-10-6-5-9-15(16)18/h2-10,19H,11-13H2,1H3. The Morgan fingerprint density at radius 2 is 1.75 bits per heavy atom. The Hall–Kier alpha value is -1.51. The highest BCUT2D eigenvalue weighted by Crippen LogP contribution is 2.31. The number of benzene rings is 2. The summed E-state index contributed by atoms with van der Waals surface area (Å²) in [4.78, 5) is 2.37. The predicted molar refractivity (Wildman–Crippen MR) is 85.5 cm³/mol. The van der Waals surface area contributed by atoms with E-state index < -0.39 is 0 Å².